The second kappa shape index (κ2) is 6.56. The second-order valence-corrected chi connectivity index (χ2v) is 6.86. The highest BCUT2D eigenvalue weighted by Crippen LogP contribution is 2.28. The third-order valence-corrected chi connectivity index (χ3v) is 5.13. The maximum Gasteiger partial charge on any atom is 0.179 e. The van der Waals surface area contributed by atoms with Gasteiger partial charge in [-0.25, -0.2) is 4.98 Å². The number of benzene rings is 1. The van der Waals surface area contributed by atoms with Crippen LogP contribution in [0.15, 0.2) is 42.6 Å². The number of rotatable bonds is 4. The van der Waals surface area contributed by atoms with Gasteiger partial charge in [-0.15, -0.1) is 0 Å². The molecule has 1 fully saturated rings. The first-order valence-corrected chi connectivity index (χ1v) is 8.68. The van der Waals surface area contributed by atoms with Gasteiger partial charge in [0.1, 0.15) is 5.82 Å². The molecule has 0 saturated carbocycles. The largest absolute Gasteiger partial charge is 0.348 e. The molecule has 4 rings (SSSR count). The number of pyridine rings is 1. The van der Waals surface area contributed by atoms with E-state index in [1.54, 1.807) is 17.2 Å². The number of ketones is 1. The lowest BCUT2D eigenvalue weighted by atomic mass is 9.98. The number of anilines is 1. The minimum absolute atomic E-state index is 0.144. The van der Waals surface area contributed by atoms with Crippen molar-refractivity contribution >= 4 is 11.6 Å². The first-order valence-electron chi connectivity index (χ1n) is 8.68. The number of nitrogens with zero attached hydrogens (tertiary/aromatic N) is 4. The van der Waals surface area contributed by atoms with Gasteiger partial charge in [-0.2, -0.15) is 5.26 Å². The predicted octanol–water partition coefficient (Wildman–Crippen LogP) is 2.98. The molecule has 1 aromatic carbocycles. The highest BCUT2D eigenvalue weighted by atomic mass is 16.1. The van der Waals surface area contributed by atoms with Crippen LogP contribution < -0.4 is 4.90 Å². The Morgan fingerprint density at radius 2 is 2.00 bits per heavy atom. The van der Waals surface area contributed by atoms with Gasteiger partial charge in [0.2, 0.25) is 0 Å². The van der Waals surface area contributed by atoms with Gasteiger partial charge >= 0.3 is 0 Å². The molecule has 1 atom stereocenters. The summed E-state index contributed by atoms with van der Waals surface area (Å²) >= 11 is 0. The summed E-state index contributed by atoms with van der Waals surface area (Å²) in [6.45, 7) is 3.13. The van der Waals surface area contributed by atoms with E-state index >= 15 is 0 Å². The number of aromatic nitrogens is 1. The van der Waals surface area contributed by atoms with Gasteiger partial charge in [-0.05, 0) is 35.6 Å². The summed E-state index contributed by atoms with van der Waals surface area (Å²) in [6, 6.07) is 12.1. The molecule has 25 heavy (non-hydrogen) atoms. The first kappa shape index (κ1) is 15.6. The maximum atomic E-state index is 12.6. The lowest BCUT2D eigenvalue weighted by molar-refractivity contribution is 0.0963. The molecule has 3 heterocycles. The van der Waals surface area contributed by atoms with Crippen molar-refractivity contribution in [3.05, 3.63) is 59.3 Å². The molecule has 2 aliphatic heterocycles. The number of fused-ring (bicyclic) bond motifs is 1. The van der Waals surface area contributed by atoms with Gasteiger partial charge < -0.3 is 9.80 Å². The topological polar surface area (TPSA) is 60.2 Å². The fraction of sp³-hybridized carbons (Fsp3) is 0.350. The highest BCUT2D eigenvalue weighted by molar-refractivity contribution is 5.96. The Morgan fingerprint density at radius 3 is 2.68 bits per heavy atom. The zero-order chi connectivity index (χ0) is 17.2. The highest BCUT2D eigenvalue weighted by Gasteiger charge is 2.25. The average molecular weight is 332 g/mol. The van der Waals surface area contributed by atoms with Gasteiger partial charge in [0.25, 0.3) is 0 Å². The Kier molecular flexibility index (Phi) is 4.10. The third-order valence-electron chi connectivity index (χ3n) is 5.13. The molecule has 1 aromatic heterocycles. The van der Waals surface area contributed by atoms with Gasteiger partial charge in [-0.1, -0.05) is 24.3 Å². The van der Waals surface area contributed by atoms with Gasteiger partial charge in [0.05, 0.1) is 0 Å². The molecular weight excluding hydrogens is 312 g/mol. The van der Waals surface area contributed by atoms with Crippen LogP contribution in [0.5, 0.6) is 0 Å². The van der Waals surface area contributed by atoms with Crippen LogP contribution in [0, 0.1) is 17.4 Å². The van der Waals surface area contributed by atoms with Crippen molar-refractivity contribution in [2.75, 3.05) is 18.0 Å². The fourth-order valence-electron chi connectivity index (χ4n) is 3.73. The minimum Gasteiger partial charge on any atom is -0.348 e. The van der Waals surface area contributed by atoms with E-state index in [0.29, 0.717) is 13.0 Å². The Labute approximate surface area is 147 Å². The number of carbonyl (C=O) groups excluding carboxylic acids is 1. The molecule has 0 aliphatic carbocycles. The van der Waals surface area contributed by atoms with E-state index in [4.69, 9.17) is 5.26 Å². The molecule has 0 bridgehead atoms. The summed E-state index contributed by atoms with van der Waals surface area (Å²) in [5.41, 5.74) is 3.36. The number of likely N-dealkylation sites (tertiary alicyclic amines) is 1. The first-order chi connectivity index (χ1) is 12.2. The standard InChI is InChI=1S/C20H20N4O/c21-14-23-8-6-15(11-23)9-19(25)16-5-7-22-20(10-16)24-12-17-3-1-2-4-18(17)13-24/h1-5,7,10,15H,6,8-9,11-13H2/t15-/m0/s1. The minimum atomic E-state index is 0.144. The quantitative estimate of drug-likeness (QED) is 0.636. The molecule has 126 valence electrons. The summed E-state index contributed by atoms with van der Waals surface area (Å²) in [6.07, 6.45) is 5.31. The lowest BCUT2D eigenvalue weighted by Crippen LogP contribution is -2.18. The SMILES string of the molecule is N#CN1CC[C@@H](CC(=O)c2ccnc(N3Cc4ccccc4C3)c2)C1. The molecular formula is C20H20N4O. The van der Waals surface area contributed by atoms with Crippen molar-refractivity contribution in [1.29, 1.82) is 5.26 Å². The number of hydrogen-bond acceptors (Lipinski definition) is 5. The van der Waals surface area contributed by atoms with Crippen LogP contribution in [0.3, 0.4) is 0 Å². The van der Waals surface area contributed by atoms with Crippen molar-refractivity contribution < 1.29 is 4.79 Å². The summed E-state index contributed by atoms with van der Waals surface area (Å²) in [5.74, 6) is 1.28. The van der Waals surface area contributed by atoms with Crippen molar-refractivity contribution in [3.63, 3.8) is 0 Å². The fourth-order valence-corrected chi connectivity index (χ4v) is 3.73. The molecule has 0 spiro atoms. The van der Waals surface area contributed by atoms with Crippen molar-refractivity contribution in [1.82, 2.24) is 9.88 Å². The number of Topliss-reactive ketones (excluding diaryl/α,β-unsaturated/α-hetero) is 1. The summed E-state index contributed by atoms with van der Waals surface area (Å²) in [7, 11) is 0. The van der Waals surface area contributed by atoms with Crippen LogP contribution in [0.4, 0.5) is 5.82 Å². The van der Waals surface area contributed by atoms with E-state index in [9.17, 15) is 4.79 Å². The van der Waals surface area contributed by atoms with E-state index in [1.807, 2.05) is 6.07 Å². The lowest BCUT2D eigenvalue weighted by Gasteiger charge is -2.17. The molecule has 5 heteroatoms. The van der Waals surface area contributed by atoms with E-state index in [1.165, 1.54) is 11.1 Å². The van der Waals surface area contributed by atoms with Crippen molar-refractivity contribution in [3.8, 4) is 6.19 Å². The Bertz CT molecular complexity index is 817. The van der Waals surface area contributed by atoms with Crippen LogP contribution >= 0.6 is 0 Å². The monoisotopic (exact) mass is 332 g/mol. The van der Waals surface area contributed by atoms with Crippen LogP contribution in [-0.4, -0.2) is 28.8 Å². The number of hydrogen-bond donors (Lipinski definition) is 0. The summed E-state index contributed by atoms with van der Waals surface area (Å²) in [5, 5.41) is 8.94. The van der Waals surface area contributed by atoms with Crippen LogP contribution in [0.25, 0.3) is 0 Å². The van der Waals surface area contributed by atoms with Gasteiger partial charge in [-0.3, -0.25) is 4.79 Å². The average Bonchev–Trinajstić information content (AvgIpc) is 3.28. The van der Waals surface area contributed by atoms with E-state index in [0.717, 1.165) is 37.4 Å². The Balaban J connectivity index is 1.45. The number of carbonyl (C=O) groups is 1. The van der Waals surface area contributed by atoms with Gasteiger partial charge in [0.15, 0.2) is 12.0 Å². The van der Waals surface area contributed by atoms with Crippen LogP contribution in [0.2, 0.25) is 0 Å². The molecule has 0 unspecified atom stereocenters. The zero-order valence-corrected chi connectivity index (χ0v) is 14.1. The normalized spacial score (nSPS) is 18.9. The zero-order valence-electron chi connectivity index (χ0n) is 14.1. The Morgan fingerprint density at radius 1 is 1.24 bits per heavy atom. The van der Waals surface area contributed by atoms with Gasteiger partial charge in [0, 0.05) is 44.4 Å². The van der Waals surface area contributed by atoms with Crippen LogP contribution in [0.1, 0.15) is 34.3 Å². The van der Waals surface area contributed by atoms with E-state index < -0.39 is 0 Å². The smallest absolute Gasteiger partial charge is 0.179 e. The Hall–Kier alpha value is -2.87. The predicted molar refractivity (Wildman–Crippen MR) is 94.8 cm³/mol. The van der Waals surface area contributed by atoms with Crippen molar-refractivity contribution in [2.45, 2.75) is 25.9 Å². The molecule has 0 N–H and O–H groups in total. The maximum absolute atomic E-state index is 12.6. The van der Waals surface area contributed by atoms with E-state index in [2.05, 4.69) is 40.3 Å². The third kappa shape index (κ3) is 3.20. The molecule has 0 radical (unpaired) electrons. The van der Waals surface area contributed by atoms with Crippen molar-refractivity contribution in [2.24, 2.45) is 5.92 Å². The summed E-state index contributed by atoms with van der Waals surface area (Å²) < 4.78 is 0. The second-order valence-electron chi connectivity index (χ2n) is 6.86. The molecule has 2 aromatic rings. The number of nitriles is 1. The van der Waals surface area contributed by atoms with Crippen LogP contribution in [-0.2, 0) is 13.1 Å². The molecule has 0 amide bonds. The van der Waals surface area contributed by atoms with E-state index in [-0.39, 0.29) is 11.7 Å². The molecule has 5 nitrogen and oxygen atoms in total. The molecule has 1 saturated heterocycles. The molecule has 2 aliphatic rings. The summed E-state index contributed by atoms with van der Waals surface area (Å²) in [4.78, 5) is 21.0.